The molecule has 3 heterocycles. The number of carbonyl (C=O) groups is 1. The van der Waals surface area contributed by atoms with E-state index < -0.39 is 0 Å². The van der Waals surface area contributed by atoms with Gasteiger partial charge in [-0.05, 0) is 44.1 Å². The summed E-state index contributed by atoms with van der Waals surface area (Å²) in [7, 11) is 0. The fourth-order valence-electron chi connectivity index (χ4n) is 3.70. The van der Waals surface area contributed by atoms with Crippen molar-refractivity contribution < 1.29 is 9.18 Å². The smallest absolute Gasteiger partial charge is 0.257 e. The Morgan fingerprint density at radius 3 is 3.00 bits per heavy atom. The van der Waals surface area contributed by atoms with Gasteiger partial charge in [0.1, 0.15) is 17.3 Å². The fourth-order valence-corrected chi connectivity index (χ4v) is 3.97. The van der Waals surface area contributed by atoms with Crippen LogP contribution in [0.15, 0.2) is 36.7 Å². The van der Waals surface area contributed by atoms with Crippen molar-refractivity contribution in [3.63, 3.8) is 0 Å². The van der Waals surface area contributed by atoms with Crippen LogP contribution in [0.3, 0.4) is 0 Å². The first-order valence-corrected chi connectivity index (χ1v) is 9.73. The van der Waals surface area contributed by atoms with Crippen molar-refractivity contribution in [2.75, 3.05) is 13.1 Å². The van der Waals surface area contributed by atoms with Crippen LogP contribution in [-0.2, 0) is 6.54 Å². The largest absolute Gasteiger partial charge is 0.338 e. The zero-order valence-corrected chi connectivity index (χ0v) is 16.3. The van der Waals surface area contributed by atoms with Crippen molar-refractivity contribution in [3.05, 3.63) is 58.6 Å². The lowest BCUT2D eigenvalue weighted by molar-refractivity contribution is 0.0703. The predicted molar refractivity (Wildman–Crippen MR) is 104 cm³/mol. The molecule has 0 aliphatic carbocycles. The zero-order chi connectivity index (χ0) is 19.7. The number of hydrogen-bond donors (Lipinski definition) is 1. The normalized spacial score (nSPS) is 17.1. The Hall–Kier alpha value is -2.81. The highest BCUT2D eigenvalue weighted by Crippen LogP contribution is 2.27. The summed E-state index contributed by atoms with van der Waals surface area (Å²) in [6.45, 7) is 4.02. The van der Waals surface area contributed by atoms with Crippen LogP contribution in [0.1, 0.15) is 41.9 Å². The number of nitrogens with zero attached hydrogens (tertiary/aromatic N) is 5. The van der Waals surface area contributed by atoms with Crippen LogP contribution in [0.25, 0.3) is 5.69 Å². The van der Waals surface area contributed by atoms with E-state index >= 15 is 0 Å². The van der Waals surface area contributed by atoms with Gasteiger partial charge in [-0.1, -0.05) is 12.1 Å². The minimum Gasteiger partial charge on any atom is -0.338 e. The summed E-state index contributed by atoms with van der Waals surface area (Å²) >= 11 is 5.28. The molecule has 1 fully saturated rings. The maximum absolute atomic E-state index is 14.0. The molecule has 1 atom stereocenters. The van der Waals surface area contributed by atoms with Crippen molar-refractivity contribution in [1.82, 2.24) is 29.4 Å². The van der Waals surface area contributed by atoms with Crippen LogP contribution in [0.2, 0.25) is 0 Å². The number of halogens is 1. The number of amides is 1. The van der Waals surface area contributed by atoms with E-state index in [-0.39, 0.29) is 17.6 Å². The third-order valence-electron chi connectivity index (χ3n) is 5.11. The van der Waals surface area contributed by atoms with Gasteiger partial charge in [-0.15, -0.1) is 0 Å². The number of likely N-dealkylation sites (tertiary alicyclic amines) is 1. The molecule has 1 unspecified atom stereocenters. The molecule has 4 rings (SSSR count). The molecule has 1 amide bonds. The van der Waals surface area contributed by atoms with Crippen molar-refractivity contribution in [3.8, 4) is 5.69 Å². The van der Waals surface area contributed by atoms with Gasteiger partial charge in [-0.2, -0.15) is 10.2 Å². The Balaban J connectivity index is 1.54. The number of piperidine rings is 1. The van der Waals surface area contributed by atoms with Gasteiger partial charge in [0.05, 0.1) is 11.8 Å². The number of para-hydroxylation sites is 1. The number of H-pyrrole nitrogens is 1. The highest BCUT2D eigenvalue weighted by atomic mass is 32.1. The highest BCUT2D eigenvalue weighted by Gasteiger charge is 2.29. The minimum atomic E-state index is -0.384. The molecule has 1 N–H and O–H groups in total. The van der Waals surface area contributed by atoms with E-state index in [0.717, 1.165) is 25.2 Å². The van der Waals surface area contributed by atoms with Gasteiger partial charge in [0.15, 0.2) is 4.77 Å². The van der Waals surface area contributed by atoms with E-state index in [0.29, 0.717) is 29.1 Å². The molecule has 0 bridgehead atoms. The quantitative estimate of drug-likeness (QED) is 0.682. The number of rotatable bonds is 4. The molecule has 146 valence electrons. The molecule has 3 aromatic rings. The Labute approximate surface area is 166 Å². The molecular weight excluding hydrogens is 379 g/mol. The molecule has 0 saturated carbocycles. The lowest BCUT2D eigenvalue weighted by atomic mass is 9.96. The molecule has 1 aliphatic heterocycles. The van der Waals surface area contributed by atoms with Crippen molar-refractivity contribution in [1.29, 1.82) is 0 Å². The van der Waals surface area contributed by atoms with E-state index in [9.17, 15) is 9.18 Å². The second-order valence-electron chi connectivity index (χ2n) is 6.85. The highest BCUT2D eigenvalue weighted by molar-refractivity contribution is 7.71. The molecule has 7 nitrogen and oxygen atoms in total. The van der Waals surface area contributed by atoms with Crippen LogP contribution in [0.4, 0.5) is 4.39 Å². The maximum Gasteiger partial charge on any atom is 0.257 e. The predicted octanol–water partition coefficient (Wildman–Crippen LogP) is 3.31. The van der Waals surface area contributed by atoms with Crippen LogP contribution in [0.5, 0.6) is 0 Å². The topological polar surface area (TPSA) is 71.7 Å². The van der Waals surface area contributed by atoms with Crippen molar-refractivity contribution in [2.45, 2.75) is 32.2 Å². The van der Waals surface area contributed by atoms with Gasteiger partial charge in [-0.25, -0.2) is 9.07 Å². The molecular formula is C19H21FN6OS. The first-order valence-electron chi connectivity index (χ1n) is 9.32. The van der Waals surface area contributed by atoms with Crippen LogP contribution >= 0.6 is 12.2 Å². The van der Waals surface area contributed by atoms with E-state index in [1.54, 1.807) is 24.4 Å². The summed E-state index contributed by atoms with van der Waals surface area (Å²) < 4.78 is 18.0. The number of benzene rings is 1. The van der Waals surface area contributed by atoms with Gasteiger partial charge in [0.25, 0.3) is 5.91 Å². The van der Waals surface area contributed by atoms with E-state index in [1.165, 1.54) is 16.9 Å². The molecule has 28 heavy (non-hydrogen) atoms. The molecule has 9 heteroatoms. The minimum absolute atomic E-state index is 0.107. The lowest BCUT2D eigenvalue weighted by Gasteiger charge is -2.32. The molecule has 1 aliphatic rings. The van der Waals surface area contributed by atoms with Gasteiger partial charge < -0.3 is 9.47 Å². The van der Waals surface area contributed by atoms with E-state index in [2.05, 4.69) is 15.3 Å². The summed E-state index contributed by atoms with van der Waals surface area (Å²) in [4.78, 5) is 14.8. The monoisotopic (exact) mass is 400 g/mol. The molecule has 1 aromatic carbocycles. The summed E-state index contributed by atoms with van der Waals surface area (Å²) in [6.07, 6.45) is 4.91. The standard InChI is InChI=1S/C19H21FN6OS/c1-2-25-17(22-23-19(25)28)13-6-5-9-24(11-13)18(27)14-10-21-26(12-14)16-8-4-3-7-15(16)20/h3-4,7-8,10,12-13H,2,5-6,9,11H2,1H3,(H,23,28). The van der Waals surface area contributed by atoms with Gasteiger partial charge in [0, 0.05) is 31.7 Å². The van der Waals surface area contributed by atoms with Crippen LogP contribution in [-0.4, -0.2) is 48.4 Å². The second-order valence-corrected chi connectivity index (χ2v) is 7.23. The number of hydrogen-bond acceptors (Lipinski definition) is 4. The summed E-state index contributed by atoms with van der Waals surface area (Å²) in [5, 5.41) is 11.4. The molecule has 1 saturated heterocycles. The SMILES string of the molecule is CCn1c(C2CCCN(C(=O)c3cnn(-c4ccccc4F)c3)C2)n[nH]c1=S. The molecule has 2 aromatic heterocycles. The average molecular weight is 400 g/mol. The number of aromatic nitrogens is 5. The number of aromatic amines is 1. The van der Waals surface area contributed by atoms with Crippen LogP contribution in [0, 0.1) is 10.6 Å². The number of carbonyl (C=O) groups excluding carboxylic acids is 1. The Morgan fingerprint density at radius 1 is 1.39 bits per heavy atom. The van der Waals surface area contributed by atoms with E-state index in [1.807, 2.05) is 16.4 Å². The van der Waals surface area contributed by atoms with Gasteiger partial charge in [-0.3, -0.25) is 9.89 Å². The Kier molecular flexibility index (Phi) is 5.08. The van der Waals surface area contributed by atoms with Crippen LogP contribution < -0.4 is 0 Å². The summed E-state index contributed by atoms with van der Waals surface area (Å²) in [5.74, 6) is 0.536. The second kappa shape index (κ2) is 7.67. The maximum atomic E-state index is 14.0. The third kappa shape index (κ3) is 3.37. The Bertz CT molecular complexity index is 1050. The van der Waals surface area contributed by atoms with Gasteiger partial charge >= 0.3 is 0 Å². The lowest BCUT2D eigenvalue weighted by Crippen LogP contribution is -2.39. The third-order valence-corrected chi connectivity index (χ3v) is 5.42. The first kappa shape index (κ1) is 18.5. The fraction of sp³-hybridized carbons (Fsp3) is 0.368. The molecule has 0 radical (unpaired) electrons. The summed E-state index contributed by atoms with van der Waals surface area (Å²) in [6, 6.07) is 6.35. The van der Waals surface area contributed by atoms with Gasteiger partial charge in [0.2, 0.25) is 0 Å². The summed E-state index contributed by atoms with van der Waals surface area (Å²) in [5.41, 5.74) is 0.759. The zero-order valence-electron chi connectivity index (χ0n) is 15.5. The van der Waals surface area contributed by atoms with Crippen molar-refractivity contribution in [2.24, 2.45) is 0 Å². The van der Waals surface area contributed by atoms with Crippen molar-refractivity contribution >= 4 is 18.1 Å². The Morgan fingerprint density at radius 2 is 2.21 bits per heavy atom. The van der Waals surface area contributed by atoms with E-state index in [4.69, 9.17) is 12.2 Å². The number of nitrogens with one attached hydrogen (secondary N) is 1. The molecule has 0 spiro atoms. The first-order chi connectivity index (χ1) is 13.6. The average Bonchev–Trinajstić information content (AvgIpc) is 3.34.